The number of pyridine rings is 1. The minimum Gasteiger partial charge on any atom is -0.372 e. The fraction of sp³-hybridized carbons (Fsp3) is 0.545. The molecule has 2 fully saturated rings. The summed E-state index contributed by atoms with van der Waals surface area (Å²) in [4.78, 5) is 30.3. The minimum absolute atomic E-state index is 0.00809. The first-order valence-corrected chi connectivity index (χ1v) is 11.6. The molecular weight excluding hydrogens is 432 g/mol. The average molecular weight is 461 g/mol. The maximum absolute atomic E-state index is 13.1. The van der Waals surface area contributed by atoms with Crippen LogP contribution in [0.4, 0.5) is 5.82 Å². The highest BCUT2D eigenvalue weighted by molar-refractivity contribution is 8.26. The number of carbonyl (C=O) groups is 1. The largest absolute Gasteiger partial charge is 0.372 e. The number of nitrogens with zero attached hydrogens (tertiary/aromatic N) is 4. The third-order valence-electron chi connectivity index (χ3n) is 5.82. The number of amides is 1. The molecule has 0 spiro atoms. The number of morpholine rings is 1. The van der Waals surface area contributed by atoms with Gasteiger partial charge in [-0.05, 0) is 45.8 Å². The van der Waals surface area contributed by atoms with Gasteiger partial charge in [-0.1, -0.05) is 30.9 Å². The SMILES string of the molecule is CCC(C)N1C(=O)C(=Cc2c(C)c(C#N)c(=O)n(C)c2N2CC(C)OC(C)C2)SC1=S. The van der Waals surface area contributed by atoms with Crippen LogP contribution in [0.5, 0.6) is 0 Å². The van der Waals surface area contributed by atoms with Crippen molar-refractivity contribution in [1.29, 1.82) is 5.26 Å². The molecule has 0 radical (unpaired) electrons. The van der Waals surface area contributed by atoms with Crippen molar-refractivity contribution < 1.29 is 9.53 Å². The predicted molar refractivity (Wildman–Crippen MR) is 128 cm³/mol. The van der Waals surface area contributed by atoms with Gasteiger partial charge in [0, 0.05) is 31.7 Å². The lowest BCUT2D eigenvalue weighted by molar-refractivity contribution is -0.123. The summed E-state index contributed by atoms with van der Waals surface area (Å²) >= 11 is 6.73. The molecular formula is C22H28N4O3S2. The second-order valence-electron chi connectivity index (χ2n) is 8.18. The van der Waals surface area contributed by atoms with E-state index in [2.05, 4.69) is 4.90 Å². The molecule has 0 N–H and O–H groups in total. The van der Waals surface area contributed by atoms with Crippen LogP contribution in [0.15, 0.2) is 9.70 Å². The summed E-state index contributed by atoms with van der Waals surface area (Å²) in [5.74, 6) is 0.558. The van der Waals surface area contributed by atoms with E-state index in [1.54, 1.807) is 24.9 Å². The molecule has 2 aliphatic rings. The summed E-state index contributed by atoms with van der Waals surface area (Å²) in [6, 6.07) is 2.05. The zero-order valence-electron chi connectivity index (χ0n) is 18.8. The van der Waals surface area contributed by atoms with Gasteiger partial charge in [-0.2, -0.15) is 5.26 Å². The number of thioether (sulfide) groups is 1. The summed E-state index contributed by atoms with van der Waals surface area (Å²) in [6.45, 7) is 11.0. The van der Waals surface area contributed by atoms with Crippen molar-refractivity contribution in [3.8, 4) is 6.07 Å². The number of hydrogen-bond acceptors (Lipinski definition) is 7. The zero-order valence-corrected chi connectivity index (χ0v) is 20.4. The number of hydrogen-bond donors (Lipinski definition) is 0. The van der Waals surface area contributed by atoms with E-state index in [4.69, 9.17) is 17.0 Å². The molecule has 2 saturated heterocycles. The first-order chi connectivity index (χ1) is 14.6. The highest BCUT2D eigenvalue weighted by atomic mass is 32.2. The number of carbonyl (C=O) groups excluding carboxylic acids is 1. The predicted octanol–water partition coefficient (Wildman–Crippen LogP) is 3.18. The molecule has 166 valence electrons. The van der Waals surface area contributed by atoms with Crippen LogP contribution in [0.25, 0.3) is 6.08 Å². The van der Waals surface area contributed by atoms with Gasteiger partial charge < -0.3 is 9.64 Å². The Hall–Kier alpha value is -2.15. The van der Waals surface area contributed by atoms with Gasteiger partial charge in [-0.3, -0.25) is 19.1 Å². The molecule has 3 unspecified atom stereocenters. The Labute approximate surface area is 192 Å². The average Bonchev–Trinajstić information content (AvgIpc) is 2.98. The van der Waals surface area contributed by atoms with Crippen LogP contribution in [-0.4, -0.2) is 51.0 Å². The van der Waals surface area contributed by atoms with Crippen molar-refractivity contribution in [2.24, 2.45) is 7.05 Å². The van der Waals surface area contributed by atoms with E-state index in [1.807, 2.05) is 33.8 Å². The van der Waals surface area contributed by atoms with Crippen molar-refractivity contribution >= 4 is 46.1 Å². The minimum atomic E-state index is -0.342. The van der Waals surface area contributed by atoms with Gasteiger partial charge in [-0.25, -0.2) is 0 Å². The molecule has 0 bridgehead atoms. The van der Waals surface area contributed by atoms with E-state index >= 15 is 0 Å². The van der Waals surface area contributed by atoms with Crippen molar-refractivity contribution in [2.75, 3.05) is 18.0 Å². The van der Waals surface area contributed by atoms with E-state index in [0.29, 0.717) is 39.3 Å². The fourth-order valence-corrected chi connectivity index (χ4v) is 5.56. The van der Waals surface area contributed by atoms with Crippen molar-refractivity contribution in [3.05, 3.63) is 31.9 Å². The zero-order chi connectivity index (χ0) is 23.0. The molecule has 3 atom stereocenters. The van der Waals surface area contributed by atoms with Gasteiger partial charge in [0.05, 0.1) is 17.1 Å². The van der Waals surface area contributed by atoms with E-state index in [1.165, 1.54) is 16.3 Å². The molecule has 9 heteroatoms. The summed E-state index contributed by atoms with van der Waals surface area (Å²) < 4.78 is 7.90. The molecule has 0 aliphatic carbocycles. The molecule has 1 amide bonds. The lowest BCUT2D eigenvalue weighted by Crippen LogP contribution is -2.47. The third-order valence-corrected chi connectivity index (χ3v) is 7.15. The van der Waals surface area contributed by atoms with E-state index < -0.39 is 0 Å². The maximum Gasteiger partial charge on any atom is 0.270 e. The van der Waals surface area contributed by atoms with Crippen LogP contribution in [0, 0.1) is 18.3 Å². The Balaban J connectivity index is 2.20. The topological polar surface area (TPSA) is 78.6 Å². The first kappa shape index (κ1) is 23.5. The Morgan fingerprint density at radius 1 is 1.32 bits per heavy atom. The molecule has 31 heavy (non-hydrogen) atoms. The fourth-order valence-electron chi connectivity index (χ4n) is 4.12. The molecule has 2 aliphatic heterocycles. The smallest absolute Gasteiger partial charge is 0.270 e. The molecule has 3 heterocycles. The highest BCUT2D eigenvalue weighted by Crippen LogP contribution is 2.37. The first-order valence-electron chi connectivity index (χ1n) is 10.4. The lowest BCUT2D eigenvalue weighted by atomic mass is 10.0. The normalized spacial score (nSPS) is 24.1. The molecule has 1 aromatic heterocycles. The molecule has 3 rings (SSSR count). The van der Waals surface area contributed by atoms with Crippen LogP contribution in [0.1, 0.15) is 50.8 Å². The Kier molecular flexibility index (Phi) is 6.94. The quantitative estimate of drug-likeness (QED) is 0.504. The van der Waals surface area contributed by atoms with Gasteiger partial charge in [0.25, 0.3) is 11.5 Å². The number of anilines is 1. The van der Waals surface area contributed by atoms with Crippen LogP contribution in [0.3, 0.4) is 0 Å². The van der Waals surface area contributed by atoms with Gasteiger partial charge in [0.15, 0.2) is 0 Å². The summed E-state index contributed by atoms with van der Waals surface area (Å²) in [7, 11) is 1.67. The van der Waals surface area contributed by atoms with Crippen molar-refractivity contribution in [1.82, 2.24) is 9.47 Å². The van der Waals surface area contributed by atoms with Crippen molar-refractivity contribution in [3.63, 3.8) is 0 Å². The van der Waals surface area contributed by atoms with Gasteiger partial charge in [0.2, 0.25) is 0 Å². The van der Waals surface area contributed by atoms with Gasteiger partial charge in [-0.15, -0.1) is 0 Å². The number of ether oxygens (including phenoxy) is 1. The highest BCUT2D eigenvalue weighted by Gasteiger charge is 2.36. The second-order valence-corrected chi connectivity index (χ2v) is 9.86. The Morgan fingerprint density at radius 3 is 2.48 bits per heavy atom. The van der Waals surface area contributed by atoms with E-state index in [-0.39, 0.29) is 35.3 Å². The molecule has 0 saturated carbocycles. The van der Waals surface area contributed by atoms with Crippen LogP contribution < -0.4 is 10.5 Å². The summed E-state index contributed by atoms with van der Waals surface area (Å²) in [6.07, 6.45) is 2.57. The van der Waals surface area contributed by atoms with Crippen molar-refractivity contribution in [2.45, 2.75) is 59.3 Å². The van der Waals surface area contributed by atoms with Crippen LogP contribution in [0.2, 0.25) is 0 Å². The monoisotopic (exact) mass is 460 g/mol. The van der Waals surface area contributed by atoms with Crippen LogP contribution in [-0.2, 0) is 16.6 Å². The number of aromatic nitrogens is 1. The van der Waals surface area contributed by atoms with Crippen LogP contribution >= 0.6 is 24.0 Å². The van der Waals surface area contributed by atoms with E-state index in [0.717, 1.165) is 6.42 Å². The van der Waals surface area contributed by atoms with Gasteiger partial charge >= 0.3 is 0 Å². The molecule has 1 aromatic rings. The number of nitriles is 1. The maximum atomic E-state index is 13.1. The number of rotatable bonds is 4. The third kappa shape index (κ3) is 4.29. The standard InChI is InChI=1S/C22H28N4O3S2/c1-7-12(2)26-21(28)18(31-22(26)30)8-16-15(5)17(9-23)20(27)24(6)19(16)25-10-13(3)29-14(4)11-25/h8,12-14H,7,10-11H2,1-6H3. The van der Waals surface area contributed by atoms with Gasteiger partial charge in [0.1, 0.15) is 21.8 Å². The lowest BCUT2D eigenvalue weighted by Gasteiger charge is -2.38. The molecule has 0 aromatic carbocycles. The number of thiocarbonyl (C=S) groups is 1. The second kappa shape index (κ2) is 9.15. The van der Waals surface area contributed by atoms with E-state index in [9.17, 15) is 14.9 Å². The Bertz CT molecular complexity index is 1050. The summed E-state index contributed by atoms with van der Waals surface area (Å²) in [5.41, 5.74) is 1.01. The Morgan fingerprint density at radius 2 is 1.94 bits per heavy atom. The summed E-state index contributed by atoms with van der Waals surface area (Å²) in [5, 5.41) is 9.62. The molecule has 7 nitrogen and oxygen atoms in total.